The van der Waals surface area contributed by atoms with Crippen LogP contribution in [0.5, 0.6) is 5.75 Å². The number of aromatic nitrogens is 3. The van der Waals surface area contributed by atoms with E-state index in [1.807, 2.05) is 61.5 Å². The van der Waals surface area contributed by atoms with Gasteiger partial charge in [-0.05, 0) is 54.5 Å². The second-order valence-electron chi connectivity index (χ2n) is 10.8. The van der Waals surface area contributed by atoms with E-state index in [0.717, 1.165) is 51.9 Å². The molecule has 2 aromatic heterocycles. The van der Waals surface area contributed by atoms with E-state index < -0.39 is 0 Å². The van der Waals surface area contributed by atoms with Gasteiger partial charge in [0, 0.05) is 30.9 Å². The van der Waals surface area contributed by atoms with E-state index in [9.17, 15) is 4.79 Å². The van der Waals surface area contributed by atoms with Crippen LogP contribution in [-0.2, 0) is 13.2 Å². The van der Waals surface area contributed by atoms with Crippen LogP contribution in [0.15, 0.2) is 91.4 Å². The first-order valence-corrected chi connectivity index (χ1v) is 14.0. The van der Waals surface area contributed by atoms with Gasteiger partial charge in [0.05, 0.1) is 5.39 Å². The van der Waals surface area contributed by atoms with E-state index in [-0.39, 0.29) is 12.1 Å². The van der Waals surface area contributed by atoms with Crippen molar-refractivity contribution in [3.8, 4) is 16.9 Å². The largest absolute Gasteiger partial charge is 0.489 e. The van der Waals surface area contributed by atoms with Gasteiger partial charge < -0.3 is 25.7 Å². The molecule has 0 bridgehead atoms. The first-order chi connectivity index (χ1) is 20.0. The molecule has 0 atom stereocenters. The molecule has 208 valence electrons. The molecule has 2 amide bonds. The lowest BCUT2D eigenvalue weighted by Gasteiger charge is -2.36. The van der Waals surface area contributed by atoms with Gasteiger partial charge in [-0.15, -0.1) is 0 Å². The number of urea groups is 1. The van der Waals surface area contributed by atoms with E-state index in [1.54, 1.807) is 0 Å². The summed E-state index contributed by atoms with van der Waals surface area (Å²) in [4.78, 5) is 21.2. The van der Waals surface area contributed by atoms with Crippen molar-refractivity contribution in [2.45, 2.75) is 39.0 Å². The van der Waals surface area contributed by atoms with Crippen molar-refractivity contribution >= 4 is 22.9 Å². The number of hydrogen-bond acceptors (Lipinski definition) is 5. The van der Waals surface area contributed by atoms with Crippen molar-refractivity contribution < 1.29 is 9.53 Å². The molecule has 0 unspecified atom stereocenters. The Bertz CT molecular complexity index is 1660. The Morgan fingerprint density at radius 1 is 0.976 bits per heavy atom. The van der Waals surface area contributed by atoms with E-state index in [0.29, 0.717) is 31.4 Å². The third kappa shape index (κ3) is 6.01. The van der Waals surface area contributed by atoms with Crippen LogP contribution in [0, 0.1) is 12.8 Å². The Kier molecular flexibility index (Phi) is 7.54. The molecule has 2 heterocycles. The summed E-state index contributed by atoms with van der Waals surface area (Å²) in [7, 11) is 0. The number of benzene rings is 3. The molecule has 0 aliphatic heterocycles. The van der Waals surface area contributed by atoms with Crippen molar-refractivity contribution in [1.29, 1.82) is 0 Å². The van der Waals surface area contributed by atoms with Gasteiger partial charge in [0.2, 0.25) is 0 Å². The number of ether oxygens (including phenoxy) is 1. The Morgan fingerprint density at radius 2 is 1.78 bits per heavy atom. The highest BCUT2D eigenvalue weighted by molar-refractivity contribution is 6.00. The summed E-state index contributed by atoms with van der Waals surface area (Å²) in [5, 5.41) is 6.83. The maximum Gasteiger partial charge on any atom is 0.315 e. The minimum Gasteiger partial charge on any atom is -0.489 e. The van der Waals surface area contributed by atoms with Crippen LogP contribution in [-0.4, -0.2) is 27.1 Å². The zero-order chi connectivity index (χ0) is 28.2. The Balaban J connectivity index is 1.11. The third-order valence-electron chi connectivity index (χ3n) is 7.72. The molecule has 41 heavy (non-hydrogen) atoms. The lowest BCUT2D eigenvalue weighted by Crippen LogP contribution is -2.41. The minimum atomic E-state index is -0.140. The lowest BCUT2D eigenvalue weighted by atomic mass is 9.80. The number of nitrogens with two attached hydrogens (primary N) is 1. The maximum absolute atomic E-state index is 12.4. The SMILES string of the molecule is Cc1cccc(CNC(=O)NC[C@H]2C[C@H](n3cc(-c4cccc(OCc5ccccc5)c4)c4c(N)ncnc43)C2)c1. The highest BCUT2D eigenvalue weighted by Gasteiger charge is 2.32. The smallest absolute Gasteiger partial charge is 0.315 e. The number of hydrogen-bond donors (Lipinski definition) is 3. The van der Waals surface area contributed by atoms with Gasteiger partial charge in [-0.1, -0.05) is 72.3 Å². The number of anilines is 1. The summed E-state index contributed by atoms with van der Waals surface area (Å²) in [6, 6.07) is 26.5. The maximum atomic E-state index is 12.4. The summed E-state index contributed by atoms with van der Waals surface area (Å²) in [6.07, 6.45) is 5.56. The number of nitrogen functional groups attached to an aromatic ring is 1. The molecule has 0 saturated heterocycles. The number of amides is 2. The zero-order valence-corrected chi connectivity index (χ0v) is 23.1. The van der Waals surface area contributed by atoms with Gasteiger partial charge in [-0.25, -0.2) is 14.8 Å². The van der Waals surface area contributed by atoms with Crippen molar-refractivity contribution in [2.24, 2.45) is 5.92 Å². The molecule has 8 nitrogen and oxygen atoms in total. The van der Waals surface area contributed by atoms with Gasteiger partial charge in [0.1, 0.15) is 30.1 Å². The molecule has 1 aliphatic carbocycles. The Hall–Kier alpha value is -4.85. The Labute approximate surface area is 239 Å². The predicted octanol–water partition coefficient (Wildman–Crippen LogP) is 6.02. The van der Waals surface area contributed by atoms with Crippen LogP contribution in [0.2, 0.25) is 0 Å². The molecule has 0 radical (unpaired) electrons. The van der Waals surface area contributed by atoms with Crippen LogP contribution in [0.3, 0.4) is 0 Å². The summed E-state index contributed by atoms with van der Waals surface area (Å²) >= 11 is 0. The van der Waals surface area contributed by atoms with E-state index in [2.05, 4.69) is 55.6 Å². The monoisotopic (exact) mass is 546 g/mol. The van der Waals surface area contributed by atoms with Gasteiger partial charge in [-0.2, -0.15) is 0 Å². The topological polar surface area (TPSA) is 107 Å². The van der Waals surface area contributed by atoms with Crippen molar-refractivity contribution in [3.63, 3.8) is 0 Å². The number of carbonyl (C=O) groups excluding carboxylic acids is 1. The van der Waals surface area contributed by atoms with Crippen LogP contribution >= 0.6 is 0 Å². The first kappa shape index (κ1) is 26.4. The summed E-state index contributed by atoms with van der Waals surface area (Å²) in [5.41, 5.74) is 12.6. The van der Waals surface area contributed by atoms with Gasteiger partial charge >= 0.3 is 6.03 Å². The van der Waals surface area contributed by atoms with E-state index in [1.165, 1.54) is 11.9 Å². The normalized spacial score (nSPS) is 16.2. The molecule has 6 rings (SSSR count). The molecule has 1 fully saturated rings. The van der Waals surface area contributed by atoms with E-state index >= 15 is 0 Å². The van der Waals surface area contributed by atoms with Gasteiger partial charge in [0.15, 0.2) is 0 Å². The summed E-state index contributed by atoms with van der Waals surface area (Å²) in [5.74, 6) is 1.65. The van der Waals surface area contributed by atoms with Gasteiger partial charge in [0.25, 0.3) is 0 Å². The molecular formula is C33H34N6O2. The molecule has 0 spiro atoms. The number of aryl methyl sites for hydroxylation is 1. The minimum absolute atomic E-state index is 0.140. The predicted molar refractivity (Wildman–Crippen MR) is 161 cm³/mol. The van der Waals surface area contributed by atoms with Gasteiger partial charge in [-0.3, -0.25) is 0 Å². The molecule has 8 heteroatoms. The second kappa shape index (κ2) is 11.7. The number of fused-ring (bicyclic) bond motifs is 1. The zero-order valence-electron chi connectivity index (χ0n) is 23.1. The standard InChI is InChI=1S/C33H34N6O2/c1-22-7-5-10-24(13-22)17-35-33(40)36-18-25-14-27(15-25)39-19-29(30-31(34)37-21-38-32(30)39)26-11-6-12-28(16-26)41-20-23-8-3-2-4-9-23/h2-13,16,19,21,25,27H,14-15,17-18,20H2,1H3,(H2,34,37,38)(H2,35,36,40)/t25-,27-. The summed E-state index contributed by atoms with van der Waals surface area (Å²) in [6.45, 7) is 3.70. The molecule has 4 N–H and O–H groups in total. The lowest BCUT2D eigenvalue weighted by molar-refractivity contribution is 0.192. The van der Waals surface area contributed by atoms with Crippen LogP contribution in [0.4, 0.5) is 10.6 Å². The Morgan fingerprint density at radius 3 is 2.61 bits per heavy atom. The van der Waals surface area contributed by atoms with Crippen LogP contribution in [0.25, 0.3) is 22.2 Å². The molecule has 5 aromatic rings. The molecule has 1 saturated carbocycles. The fraction of sp³-hybridized carbons (Fsp3) is 0.242. The number of nitrogens with one attached hydrogen (secondary N) is 2. The molecule has 1 aliphatic rings. The average molecular weight is 547 g/mol. The molecular weight excluding hydrogens is 512 g/mol. The first-order valence-electron chi connectivity index (χ1n) is 14.0. The van der Waals surface area contributed by atoms with Crippen molar-refractivity contribution in [2.75, 3.05) is 12.3 Å². The van der Waals surface area contributed by atoms with Crippen LogP contribution < -0.4 is 21.1 Å². The summed E-state index contributed by atoms with van der Waals surface area (Å²) < 4.78 is 8.30. The fourth-order valence-electron chi connectivity index (χ4n) is 5.50. The fourth-order valence-corrected chi connectivity index (χ4v) is 5.50. The second-order valence-corrected chi connectivity index (χ2v) is 10.8. The average Bonchev–Trinajstić information content (AvgIpc) is 3.35. The quantitative estimate of drug-likeness (QED) is 0.210. The van der Waals surface area contributed by atoms with Crippen molar-refractivity contribution in [3.05, 3.63) is 108 Å². The van der Waals surface area contributed by atoms with E-state index in [4.69, 9.17) is 10.5 Å². The van der Waals surface area contributed by atoms with Crippen LogP contribution in [0.1, 0.15) is 35.6 Å². The number of rotatable bonds is 9. The highest BCUT2D eigenvalue weighted by Crippen LogP contribution is 2.43. The van der Waals surface area contributed by atoms with Crippen molar-refractivity contribution in [1.82, 2.24) is 25.2 Å². The third-order valence-corrected chi connectivity index (χ3v) is 7.72. The molecule has 3 aromatic carbocycles. The number of nitrogens with zero attached hydrogens (tertiary/aromatic N) is 3. The highest BCUT2D eigenvalue weighted by atomic mass is 16.5. The number of carbonyl (C=O) groups is 1.